The number of benzene rings is 2. The number of pyridine rings is 1. The van der Waals surface area contributed by atoms with E-state index in [4.69, 9.17) is 4.74 Å². The number of thiophene rings is 1. The first-order valence-corrected chi connectivity index (χ1v) is 11.6. The zero-order chi connectivity index (χ0) is 25.6. The average molecular weight is 514 g/mol. The van der Waals surface area contributed by atoms with Crippen molar-refractivity contribution < 1.29 is 26.7 Å². The van der Waals surface area contributed by atoms with Gasteiger partial charge < -0.3 is 9.30 Å². The molecular formula is C26H15F5N2O2S. The molecule has 4 nitrogen and oxygen atoms in total. The summed E-state index contributed by atoms with van der Waals surface area (Å²) in [7, 11) is 0. The normalized spacial score (nSPS) is 12.8. The highest BCUT2D eigenvalue weighted by molar-refractivity contribution is 7.14. The van der Waals surface area contributed by atoms with Gasteiger partial charge in [0.25, 0.3) is 5.56 Å². The van der Waals surface area contributed by atoms with E-state index < -0.39 is 41.0 Å². The Kier molecular flexibility index (Phi) is 5.88. The van der Waals surface area contributed by atoms with Gasteiger partial charge in [-0.25, -0.2) is 8.78 Å². The number of hydrogen-bond acceptors (Lipinski definition) is 4. The summed E-state index contributed by atoms with van der Waals surface area (Å²) in [4.78, 5) is 13.4. The first-order chi connectivity index (χ1) is 17.2. The lowest BCUT2D eigenvalue weighted by molar-refractivity contribution is -0.137. The summed E-state index contributed by atoms with van der Waals surface area (Å²) < 4.78 is 75.5. The van der Waals surface area contributed by atoms with Gasteiger partial charge in [0.1, 0.15) is 29.0 Å². The molecule has 0 fully saturated rings. The molecule has 3 heterocycles. The molecule has 0 atom stereocenters. The van der Waals surface area contributed by atoms with Crippen LogP contribution in [0.1, 0.15) is 22.3 Å². The Labute approximate surface area is 205 Å². The molecule has 0 saturated heterocycles. The number of fused-ring (bicyclic) bond motifs is 1. The summed E-state index contributed by atoms with van der Waals surface area (Å²) in [6, 6.07) is 12.0. The molecule has 0 saturated carbocycles. The summed E-state index contributed by atoms with van der Waals surface area (Å²) in [6.45, 7) is 0.0852. The number of hydrogen-bond donors (Lipinski definition) is 0. The highest BCUT2D eigenvalue weighted by atomic mass is 32.1. The van der Waals surface area contributed by atoms with Gasteiger partial charge >= 0.3 is 6.18 Å². The van der Waals surface area contributed by atoms with Crippen molar-refractivity contribution in [1.29, 1.82) is 5.26 Å². The first-order valence-electron chi connectivity index (χ1n) is 10.7. The molecular weight excluding hydrogens is 499 g/mol. The topological polar surface area (TPSA) is 55.0 Å². The maximum atomic E-state index is 14.4. The van der Waals surface area contributed by atoms with Crippen molar-refractivity contribution in [3.05, 3.63) is 98.2 Å². The van der Waals surface area contributed by atoms with Crippen LogP contribution in [0.2, 0.25) is 0 Å². The van der Waals surface area contributed by atoms with Crippen molar-refractivity contribution in [2.24, 2.45) is 0 Å². The third-order valence-electron chi connectivity index (χ3n) is 5.94. The van der Waals surface area contributed by atoms with E-state index in [1.807, 2.05) is 18.2 Å². The van der Waals surface area contributed by atoms with Gasteiger partial charge in [-0.3, -0.25) is 4.79 Å². The summed E-state index contributed by atoms with van der Waals surface area (Å²) >= 11 is 1.11. The minimum absolute atomic E-state index is 0.112. The number of nitrogens with zero attached hydrogens (tertiary/aromatic N) is 2. The van der Waals surface area contributed by atoms with Gasteiger partial charge in [-0.15, -0.1) is 11.3 Å². The van der Waals surface area contributed by atoms with E-state index in [2.05, 4.69) is 0 Å². The van der Waals surface area contributed by atoms with Crippen LogP contribution in [0.3, 0.4) is 0 Å². The molecule has 2 aromatic heterocycles. The first kappa shape index (κ1) is 23.8. The molecule has 4 aromatic rings. The van der Waals surface area contributed by atoms with Crippen molar-refractivity contribution in [2.75, 3.05) is 6.61 Å². The van der Waals surface area contributed by atoms with Gasteiger partial charge in [0, 0.05) is 18.1 Å². The lowest BCUT2D eigenvalue weighted by Gasteiger charge is -2.17. The van der Waals surface area contributed by atoms with Crippen molar-refractivity contribution in [2.45, 2.75) is 19.1 Å². The maximum Gasteiger partial charge on any atom is 0.417 e. The van der Waals surface area contributed by atoms with Crippen LogP contribution in [-0.4, -0.2) is 11.2 Å². The fourth-order valence-electron chi connectivity index (χ4n) is 4.15. The number of nitriles is 1. The van der Waals surface area contributed by atoms with Crippen LogP contribution in [0.15, 0.2) is 58.7 Å². The van der Waals surface area contributed by atoms with Crippen molar-refractivity contribution >= 4 is 11.3 Å². The van der Waals surface area contributed by atoms with E-state index >= 15 is 0 Å². The Balaban J connectivity index is 1.67. The molecule has 0 N–H and O–H groups in total. The molecule has 1 aliphatic rings. The lowest BCUT2D eigenvalue weighted by Crippen LogP contribution is -2.28. The fraction of sp³-hybridized carbons (Fsp3) is 0.154. The van der Waals surface area contributed by atoms with E-state index in [9.17, 15) is 32.0 Å². The van der Waals surface area contributed by atoms with Gasteiger partial charge in [-0.1, -0.05) is 12.1 Å². The van der Waals surface area contributed by atoms with E-state index in [1.165, 1.54) is 6.07 Å². The SMILES string of the molecule is N#Cc1c(C(F)(F)F)cc(-c2cc(-c3ccc4c(c3)CCO4)cs2)n(Cc2ccc(F)cc2F)c1=O. The second-order valence-electron chi connectivity index (χ2n) is 8.18. The van der Waals surface area contributed by atoms with E-state index in [0.717, 1.165) is 63.0 Å². The van der Waals surface area contributed by atoms with Gasteiger partial charge in [-0.2, -0.15) is 18.4 Å². The minimum atomic E-state index is -4.96. The standard InChI is InChI=1S/C26H15F5N2O2S/c27-18-3-1-16(21(28)9-18)12-33-22(10-20(26(29,30)31)19(11-32)25(33)34)24-8-17(13-36-24)14-2-4-23-15(7-14)5-6-35-23/h1-4,7-10,13H,5-6,12H2. The Morgan fingerprint density at radius 3 is 2.58 bits per heavy atom. The third-order valence-corrected chi connectivity index (χ3v) is 6.89. The van der Waals surface area contributed by atoms with Crippen LogP contribution in [-0.2, 0) is 19.1 Å². The largest absolute Gasteiger partial charge is 0.493 e. The van der Waals surface area contributed by atoms with Gasteiger partial charge in [0.15, 0.2) is 0 Å². The number of rotatable bonds is 4. The smallest absolute Gasteiger partial charge is 0.417 e. The molecule has 10 heteroatoms. The Morgan fingerprint density at radius 2 is 1.86 bits per heavy atom. The zero-order valence-electron chi connectivity index (χ0n) is 18.3. The number of aromatic nitrogens is 1. The monoisotopic (exact) mass is 514 g/mol. The second-order valence-corrected chi connectivity index (χ2v) is 9.09. The number of alkyl halides is 3. The maximum absolute atomic E-state index is 14.4. The van der Waals surface area contributed by atoms with E-state index in [0.29, 0.717) is 17.6 Å². The number of ether oxygens (including phenoxy) is 1. The van der Waals surface area contributed by atoms with Crippen LogP contribution in [0.4, 0.5) is 22.0 Å². The lowest BCUT2D eigenvalue weighted by atomic mass is 10.0. The van der Waals surface area contributed by atoms with Crippen LogP contribution in [0, 0.1) is 23.0 Å². The molecule has 5 rings (SSSR count). The van der Waals surface area contributed by atoms with E-state index in [-0.39, 0.29) is 11.3 Å². The summed E-state index contributed by atoms with van der Waals surface area (Å²) in [5.74, 6) is -1.01. The Hall–Kier alpha value is -3.97. The second kappa shape index (κ2) is 8.91. The summed E-state index contributed by atoms with van der Waals surface area (Å²) in [5.41, 5.74) is -1.36. The molecule has 2 aromatic carbocycles. The molecule has 0 aliphatic carbocycles. The predicted octanol–water partition coefficient (Wildman–Crippen LogP) is 6.40. The van der Waals surface area contributed by atoms with Gasteiger partial charge in [0.05, 0.1) is 29.3 Å². The van der Waals surface area contributed by atoms with Crippen molar-refractivity contribution in [3.8, 4) is 33.5 Å². The average Bonchev–Trinajstić information content (AvgIpc) is 3.50. The summed E-state index contributed by atoms with van der Waals surface area (Å²) in [5, 5.41) is 11.1. The highest BCUT2D eigenvalue weighted by Crippen LogP contribution is 2.38. The Bertz CT molecular complexity index is 1600. The molecule has 0 radical (unpaired) electrons. The predicted molar refractivity (Wildman–Crippen MR) is 124 cm³/mol. The van der Waals surface area contributed by atoms with Crippen LogP contribution < -0.4 is 10.3 Å². The van der Waals surface area contributed by atoms with Crippen LogP contribution >= 0.6 is 11.3 Å². The van der Waals surface area contributed by atoms with Crippen LogP contribution in [0.25, 0.3) is 21.7 Å². The Morgan fingerprint density at radius 1 is 1.06 bits per heavy atom. The molecule has 36 heavy (non-hydrogen) atoms. The number of halogens is 5. The van der Waals surface area contributed by atoms with E-state index in [1.54, 1.807) is 11.4 Å². The van der Waals surface area contributed by atoms with Crippen molar-refractivity contribution in [1.82, 2.24) is 4.57 Å². The quantitative estimate of drug-likeness (QED) is 0.297. The summed E-state index contributed by atoms with van der Waals surface area (Å²) in [6.07, 6.45) is -4.22. The van der Waals surface area contributed by atoms with Crippen LogP contribution in [0.5, 0.6) is 5.75 Å². The molecule has 182 valence electrons. The van der Waals surface area contributed by atoms with Gasteiger partial charge in [-0.05, 0) is 52.4 Å². The molecule has 0 amide bonds. The van der Waals surface area contributed by atoms with Crippen molar-refractivity contribution in [3.63, 3.8) is 0 Å². The molecule has 1 aliphatic heterocycles. The molecule has 0 spiro atoms. The molecule has 0 unspecified atom stereocenters. The fourth-order valence-corrected chi connectivity index (χ4v) is 5.09. The highest BCUT2D eigenvalue weighted by Gasteiger charge is 2.37. The minimum Gasteiger partial charge on any atom is -0.493 e. The molecule has 0 bridgehead atoms. The van der Waals surface area contributed by atoms with Gasteiger partial charge in [0.2, 0.25) is 0 Å². The third kappa shape index (κ3) is 4.27. The zero-order valence-corrected chi connectivity index (χ0v) is 19.1.